The number of rotatable bonds is 6. The Morgan fingerprint density at radius 1 is 1.09 bits per heavy atom. The van der Waals surface area contributed by atoms with Gasteiger partial charge in [0, 0.05) is 29.7 Å². The van der Waals surface area contributed by atoms with Crippen molar-refractivity contribution >= 4 is 23.4 Å². The van der Waals surface area contributed by atoms with Crippen LogP contribution in [0.3, 0.4) is 0 Å². The average molecular weight is 463 g/mol. The molecule has 2 N–H and O–H groups in total. The molecule has 0 spiro atoms. The third kappa shape index (κ3) is 5.29. The van der Waals surface area contributed by atoms with Crippen molar-refractivity contribution in [1.82, 2.24) is 15.6 Å². The van der Waals surface area contributed by atoms with Gasteiger partial charge >= 0.3 is 0 Å². The summed E-state index contributed by atoms with van der Waals surface area (Å²) < 4.78 is 0. The maximum atomic E-state index is 13.7. The maximum Gasteiger partial charge on any atom is 0.251 e. The summed E-state index contributed by atoms with van der Waals surface area (Å²) >= 11 is 0. The summed E-state index contributed by atoms with van der Waals surface area (Å²) in [5.41, 5.74) is 2.34. The van der Waals surface area contributed by atoms with Gasteiger partial charge in [-0.05, 0) is 42.0 Å². The predicted octanol–water partition coefficient (Wildman–Crippen LogP) is 3.79. The number of nitrogens with zero attached hydrogens (tertiary/aromatic N) is 2. The monoisotopic (exact) mass is 462 g/mol. The lowest BCUT2D eigenvalue weighted by Gasteiger charge is -2.37. The first-order valence-corrected chi connectivity index (χ1v) is 12.2. The molecule has 7 nitrogen and oxygen atoms in total. The smallest absolute Gasteiger partial charge is 0.251 e. The standard InChI is InChI=1S/C27H34N4O3/c1-27(2,3)19-11-13-21(14-12-19)31(26(34)22-16-23(32)30-22)24(18-8-7-15-28-17-18)25(33)29-20-9-5-4-6-10-20/h7-8,11-15,17,20,22,24H,4-6,9-10,16H2,1-3H3,(H,29,33)(H,30,32). The van der Waals surface area contributed by atoms with Crippen molar-refractivity contribution in [2.45, 2.75) is 82.8 Å². The van der Waals surface area contributed by atoms with E-state index >= 15 is 0 Å². The molecule has 180 valence electrons. The van der Waals surface area contributed by atoms with Gasteiger partial charge in [0.05, 0.1) is 6.42 Å². The fourth-order valence-electron chi connectivity index (χ4n) is 4.68. The van der Waals surface area contributed by atoms with E-state index in [0.717, 1.165) is 31.2 Å². The molecule has 1 saturated carbocycles. The van der Waals surface area contributed by atoms with Crippen LogP contribution in [0, 0.1) is 0 Å². The van der Waals surface area contributed by atoms with Crippen molar-refractivity contribution in [2.24, 2.45) is 0 Å². The van der Waals surface area contributed by atoms with E-state index in [-0.39, 0.29) is 35.6 Å². The van der Waals surface area contributed by atoms with Gasteiger partial charge in [-0.2, -0.15) is 0 Å². The molecule has 1 saturated heterocycles. The average Bonchev–Trinajstić information content (AvgIpc) is 2.80. The number of hydrogen-bond donors (Lipinski definition) is 2. The summed E-state index contributed by atoms with van der Waals surface area (Å²) in [7, 11) is 0. The van der Waals surface area contributed by atoms with Crippen LogP contribution in [0.4, 0.5) is 5.69 Å². The Hall–Kier alpha value is -3.22. The quantitative estimate of drug-likeness (QED) is 0.639. The van der Waals surface area contributed by atoms with Gasteiger partial charge in [-0.25, -0.2) is 0 Å². The molecule has 2 unspecified atom stereocenters. The van der Waals surface area contributed by atoms with Crippen LogP contribution in [0.25, 0.3) is 0 Å². The first kappa shape index (κ1) is 23.9. The van der Waals surface area contributed by atoms with Crippen LogP contribution in [0.1, 0.15) is 76.5 Å². The Bertz CT molecular complexity index is 1020. The molecule has 2 aliphatic rings. The van der Waals surface area contributed by atoms with Crippen LogP contribution in [-0.2, 0) is 19.8 Å². The van der Waals surface area contributed by atoms with Crippen molar-refractivity contribution in [1.29, 1.82) is 0 Å². The van der Waals surface area contributed by atoms with Gasteiger partial charge < -0.3 is 10.6 Å². The van der Waals surface area contributed by atoms with E-state index in [1.807, 2.05) is 30.3 Å². The first-order chi connectivity index (χ1) is 16.2. The largest absolute Gasteiger partial charge is 0.351 e. The minimum atomic E-state index is -0.888. The number of benzene rings is 1. The van der Waals surface area contributed by atoms with Gasteiger partial charge in [0.25, 0.3) is 5.91 Å². The third-order valence-electron chi connectivity index (χ3n) is 6.73. The minimum absolute atomic E-state index is 0.0452. The number of nitrogens with one attached hydrogen (secondary N) is 2. The lowest BCUT2D eigenvalue weighted by molar-refractivity contribution is -0.136. The highest BCUT2D eigenvalue weighted by Crippen LogP contribution is 2.32. The molecule has 1 aliphatic heterocycles. The highest BCUT2D eigenvalue weighted by Gasteiger charge is 2.41. The van der Waals surface area contributed by atoms with Crippen LogP contribution in [0.5, 0.6) is 0 Å². The maximum absolute atomic E-state index is 13.7. The van der Waals surface area contributed by atoms with E-state index < -0.39 is 12.1 Å². The fraction of sp³-hybridized carbons (Fsp3) is 0.481. The van der Waals surface area contributed by atoms with Gasteiger partial charge in [0.1, 0.15) is 12.1 Å². The summed E-state index contributed by atoms with van der Waals surface area (Å²) in [4.78, 5) is 44.8. The van der Waals surface area contributed by atoms with E-state index in [2.05, 4.69) is 36.4 Å². The summed E-state index contributed by atoms with van der Waals surface area (Å²) in [6.07, 6.45) is 8.66. The summed E-state index contributed by atoms with van der Waals surface area (Å²) in [5.74, 6) is -0.680. The Balaban J connectivity index is 1.73. The Kier molecular flexibility index (Phi) is 7.00. The van der Waals surface area contributed by atoms with Crippen molar-refractivity contribution in [3.63, 3.8) is 0 Å². The van der Waals surface area contributed by atoms with Crippen LogP contribution < -0.4 is 15.5 Å². The molecule has 34 heavy (non-hydrogen) atoms. The molecule has 3 amide bonds. The van der Waals surface area contributed by atoms with Gasteiger partial charge in [-0.3, -0.25) is 24.3 Å². The number of carbonyl (C=O) groups excluding carboxylic acids is 3. The first-order valence-electron chi connectivity index (χ1n) is 12.2. The molecule has 2 fully saturated rings. The van der Waals surface area contributed by atoms with E-state index in [4.69, 9.17) is 0 Å². The number of hydrogen-bond acceptors (Lipinski definition) is 4. The second-order valence-electron chi connectivity index (χ2n) is 10.4. The zero-order valence-electron chi connectivity index (χ0n) is 20.2. The fourth-order valence-corrected chi connectivity index (χ4v) is 4.68. The van der Waals surface area contributed by atoms with E-state index in [1.54, 1.807) is 18.5 Å². The van der Waals surface area contributed by atoms with Gasteiger partial charge in [0.2, 0.25) is 11.8 Å². The number of β-lactam (4-membered cyclic amide) rings is 1. The lowest BCUT2D eigenvalue weighted by Crippen LogP contribution is -2.60. The lowest BCUT2D eigenvalue weighted by atomic mass is 9.87. The molecule has 7 heteroatoms. The molecule has 1 aliphatic carbocycles. The van der Waals surface area contributed by atoms with E-state index in [0.29, 0.717) is 11.3 Å². The van der Waals surface area contributed by atoms with Crippen LogP contribution >= 0.6 is 0 Å². The molecule has 2 atom stereocenters. The topological polar surface area (TPSA) is 91.4 Å². The van der Waals surface area contributed by atoms with Crippen LogP contribution in [0.15, 0.2) is 48.8 Å². The highest BCUT2D eigenvalue weighted by molar-refractivity contribution is 6.08. The van der Waals surface area contributed by atoms with E-state index in [1.165, 1.54) is 11.3 Å². The summed E-state index contributed by atoms with van der Waals surface area (Å²) in [5, 5.41) is 5.87. The second-order valence-corrected chi connectivity index (χ2v) is 10.4. The van der Waals surface area contributed by atoms with Crippen LogP contribution in [-0.4, -0.2) is 34.8 Å². The molecule has 1 aromatic heterocycles. The molecule has 2 aromatic rings. The minimum Gasteiger partial charge on any atom is -0.351 e. The molecule has 4 rings (SSSR count). The zero-order chi connectivity index (χ0) is 24.3. The molecule has 0 radical (unpaired) electrons. The third-order valence-corrected chi connectivity index (χ3v) is 6.73. The van der Waals surface area contributed by atoms with Crippen molar-refractivity contribution in [3.8, 4) is 0 Å². The predicted molar refractivity (Wildman–Crippen MR) is 131 cm³/mol. The zero-order valence-corrected chi connectivity index (χ0v) is 20.2. The summed E-state index contributed by atoms with van der Waals surface area (Å²) in [6, 6.07) is 9.92. The molecule has 0 bridgehead atoms. The highest BCUT2D eigenvalue weighted by atomic mass is 16.2. The molecule has 2 heterocycles. The van der Waals surface area contributed by atoms with Gasteiger partial charge in [-0.15, -0.1) is 0 Å². The Labute approximate surface area is 201 Å². The van der Waals surface area contributed by atoms with Crippen molar-refractivity contribution in [2.75, 3.05) is 4.90 Å². The summed E-state index contributed by atoms with van der Waals surface area (Å²) in [6.45, 7) is 6.39. The Morgan fingerprint density at radius 3 is 2.32 bits per heavy atom. The van der Waals surface area contributed by atoms with Gasteiger partial charge in [-0.1, -0.05) is 58.2 Å². The van der Waals surface area contributed by atoms with Crippen molar-refractivity contribution < 1.29 is 14.4 Å². The number of amides is 3. The Morgan fingerprint density at radius 2 is 1.76 bits per heavy atom. The molecular formula is C27H34N4O3. The normalized spacial score (nSPS) is 19.5. The number of anilines is 1. The van der Waals surface area contributed by atoms with Gasteiger partial charge in [0.15, 0.2) is 0 Å². The SMILES string of the molecule is CC(C)(C)c1ccc(N(C(=O)C2CC(=O)N2)C(C(=O)NC2CCCCC2)c2cccnc2)cc1. The molecular weight excluding hydrogens is 428 g/mol. The second kappa shape index (κ2) is 9.95. The van der Waals surface area contributed by atoms with Crippen LogP contribution in [0.2, 0.25) is 0 Å². The number of aromatic nitrogens is 1. The van der Waals surface area contributed by atoms with E-state index in [9.17, 15) is 14.4 Å². The van der Waals surface area contributed by atoms with Crippen molar-refractivity contribution in [3.05, 3.63) is 59.9 Å². The number of pyridine rings is 1. The molecule has 1 aromatic carbocycles. The number of carbonyl (C=O) groups is 3.